The van der Waals surface area contributed by atoms with Crippen LogP contribution in [0.3, 0.4) is 0 Å². The molecule has 4 atom stereocenters. The number of nitrogens with one attached hydrogen (secondary N) is 1. The summed E-state index contributed by atoms with van der Waals surface area (Å²) in [6.45, 7) is 2.53. The van der Waals surface area contributed by atoms with E-state index in [1.54, 1.807) is 24.4 Å². The van der Waals surface area contributed by atoms with Crippen LogP contribution in [0.2, 0.25) is 0 Å². The SMILES string of the molecule is CCC[C@@H]1CC[C@H]2CC[C@]1(/C=C/C(=O)CCc1ccc(O)c(OCCc3ccc(O)c([C@H]4CC(=O)c5cc[nH]c5CC#Cc5cc(C(N)N)ccc54)c3)c1)C2. The number of carbonyl (C=O) groups excluding carboxylic acids is 2. The van der Waals surface area contributed by atoms with Gasteiger partial charge in [-0.3, -0.25) is 9.59 Å². The Balaban J connectivity index is 1.03. The first-order valence-corrected chi connectivity index (χ1v) is 19.9. The monoisotopic (exact) mass is 739 g/mol. The van der Waals surface area contributed by atoms with E-state index in [1.165, 1.54) is 44.9 Å². The Morgan fingerprint density at radius 2 is 1.82 bits per heavy atom. The van der Waals surface area contributed by atoms with Crippen molar-refractivity contribution in [3.8, 4) is 29.1 Å². The third kappa shape index (κ3) is 8.59. The van der Waals surface area contributed by atoms with Gasteiger partial charge in [-0.1, -0.05) is 68.0 Å². The van der Waals surface area contributed by atoms with Gasteiger partial charge in [0.15, 0.2) is 23.1 Å². The molecule has 7 rings (SSSR count). The lowest BCUT2D eigenvalue weighted by molar-refractivity contribution is -0.114. The van der Waals surface area contributed by atoms with Gasteiger partial charge in [0.1, 0.15) is 5.75 Å². The quantitative estimate of drug-likeness (QED) is 0.0525. The lowest BCUT2D eigenvalue weighted by atomic mass is 9.66. The van der Waals surface area contributed by atoms with Gasteiger partial charge in [-0.15, -0.1) is 0 Å². The lowest BCUT2D eigenvalue weighted by Gasteiger charge is -2.39. The number of ketones is 2. The van der Waals surface area contributed by atoms with Crippen LogP contribution in [-0.2, 0) is 24.1 Å². The Hall–Kier alpha value is -5.10. The number of H-pyrrole nitrogens is 1. The number of aromatic nitrogens is 1. The number of benzene rings is 3. The molecule has 0 amide bonds. The Bertz CT molecular complexity index is 2140. The van der Waals surface area contributed by atoms with Gasteiger partial charge >= 0.3 is 0 Å². The van der Waals surface area contributed by atoms with Gasteiger partial charge in [-0.25, -0.2) is 0 Å². The number of fused-ring (bicyclic) bond motifs is 4. The zero-order valence-electron chi connectivity index (χ0n) is 31.8. The van der Waals surface area contributed by atoms with Gasteiger partial charge in [0.25, 0.3) is 0 Å². The molecule has 0 radical (unpaired) electrons. The molecule has 8 nitrogen and oxygen atoms in total. The number of allylic oxidation sites excluding steroid dienone is 2. The van der Waals surface area contributed by atoms with Gasteiger partial charge in [-0.05, 0) is 114 Å². The number of hydrogen-bond donors (Lipinski definition) is 5. The summed E-state index contributed by atoms with van der Waals surface area (Å²) in [4.78, 5) is 29.9. The zero-order chi connectivity index (χ0) is 38.5. The highest BCUT2D eigenvalue weighted by molar-refractivity contribution is 5.98. The molecule has 3 aliphatic carbocycles. The van der Waals surface area contributed by atoms with Gasteiger partial charge < -0.3 is 31.4 Å². The van der Waals surface area contributed by atoms with Crippen LogP contribution >= 0.6 is 0 Å². The topological polar surface area (TPSA) is 152 Å². The first-order chi connectivity index (χ1) is 26.6. The second kappa shape index (κ2) is 16.7. The first kappa shape index (κ1) is 38.2. The summed E-state index contributed by atoms with van der Waals surface area (Å²) in [6, 6.07) is 18.1. The molecule has 0 saturated heterocycles. The van der Waals surface area contributed by atoms with E-state index in [4.69, 9.17) is 16.2 Å². The number of aromatic hydroxyl groups is 2. The van der Waals surface area contributed by atoms with E-state index in [9.17, 15) is 19.8 Å². The average molecular weight is 740 g/mol. The second-order valence-electron chi connectivity index (χ2n) is 15.9. The minimum atomic E-state index is -0.682. The molecule has 1 heterocycles. The van der Waals surface area contributed by atoms with E-state index in [0.29, 0.717) is 54.0 Å². The van der Waals surface area contributed by atoms with Gasteiger partial charge in [0.05, 0.1) is 19.2 Å². The molecule has 2 bridgehead atoms. The van der Waals surface area contributed by atoms with Crippen molar-refractivity contribution < 1.29 is 24.5 Å². The molecule has 286 valence electrons. The minimum absolute atomic E-state index is 0.0361. The number of aromatic amines is 1. The maximum Gasteiger partial charge on any atom is 0.165 e. The number of rotatable bonds is 13. The van der Waals surface area contributed by atoms with Crippen LogP contribution in [-0.4, -0.2) is 33.4 Å². The predicted molar refractivity (Wildman–Crippen MR) is 215 cm³/mol. The van der Waals surface area contributed by atoms with Crippen LogP contribution in [0.4, 0.5) is 0 Å². The molecule has 55 heavy (non-hydrogen) atoms. The van der Waals surface area contributed by atoms with Gasteiger partial charge in [0, 0.05) is 53.8 Å². The van der Waals surface area contributed by atoms with Crippen molar-refractivity contribution in [2.24, 2.45) is 28.7 Å². The summed E-state index contributed by atoms with van der Waals surface area (Å²) in [5.41, 5.74) is 18.3. The molecule has 2 saturated carbocycles. The zero-order valence-corrected chi connectivity index (χ0v) is 31.8. The van der Waals surface area contributed by atoms with Crippen LogP contribution < -0.4 is 16.2 Å². The Kier molecular flexibility index (Phi) is 11.6. The molecule has 0 unspecified atom stereocenters. The highest BCUT2D eigenvalue weighted by Crippen LogP contribution is 2.56. The fourth-order valence-electron chi connectivity index (χ4n) is 9.30. The van der Waals surface area contributed by atoms with Crippen molar-refractivity contribution in [1.29, 1.82) is 0 Å². The molecule has 1 aromatic heterocycles. The molecule has 2 fully saturated rings. The van der Waals surface area contributed by atoms with Crippen molar-refractivity contribution >= 4 is 11.6 Å². The fourth-order valence-corrected chi connectivity index (χ4v) is 9.30. The third-order valence-electron chi connectivity index (χ3n) is 12.3. The van der Waals surface area contributed by atoms with Crippen LogP contribution in [0.25, 0.3) is 0 Å². The molecule has 8 heteroatoms. The van der Waals surface area contributed by atoms with Crippen molar-refractivity contribution in [2.75, 3.05) is 6.61 Å². The number of nitrogens with two attached hydrogens (primary N) is 2. The van der Waals surface area contributed by atoms with Crippen LogP contribution in [0, 0.1) is 29.1 Å². The average Bonchev–Trinajstić information content (AvgIpc) is 3.80. The summed E-state index contributed by atoms with van der Waals surface area (Å²) in [7, 11) is 0. The Labute approximate surface area is 324 Å². The largest absolute Gasteiger partial charge is 0.508 e. The number of phenolic OH excluding ortho intramolecular Hbond substituents is 2. The third-order valence-corrected chi connectivity index (χ3v) is 12.3. The van der Waals surface area contributed by atoms with Crippen molar-refractivity contribution in [1.82, 2.24) is 4.98 Å². The van der Waals surface area contributed by atoms with Crippen LogP contribution in [0.1, 0.15) is 126 Å². The van der Waals surface area contributed by atoms with Crippen LogP contribution in [0.5, 0.6) is 17.2 Å². The Morgan fingerprint density at radius 1 is 1.00 bits per heavy atom. The second-order valence-corrected chi connectivity index (χ2v) is 15.9. The van der Waals surface area contributed by atoms with E-state index in [2.05, 4.69) is 29.8 Å². The maximum absolute atomic E-state index is 13.7. The molecule has 0 spiro atoms. The Morgan fingerprint density at radius 3 is 2.64 bits per heavy atom. The molecular weight excluding hydrogens is 687 g/mol. The highest BCUT2D eigenvalue weighted by Gasteiger charge is 2.46. The smallest absolute Gasteiger partial charge is 0.165 e. The highest BCUT2D eigenvalue weighted by atomic mass is 16.5. The number of ether oxygens (including phenoxy) is 1. The van der Waals surface area contributed by atoms with Crippen LogP contribution in [0.15, 0.2) is 79.0 Å². The minimum Gasteiger partial charge on any atom is -0.508 e. The van der Waals surface area contributed by atoms with E-state index < -0.39 is 12.1 Å². The summed E-state index contributed by atoms with van der Waals surface area (Å²) < 4.78 is 6.09. The molecule has 7 N–H and O–H groups in total. The molecule has 3 aromatic carbocycles. The van der Waals surface area contributed by atoms with Crippen molar-refractivity contribution in [3.63, 3.8) is 0 Å². The van der Waals surface area contributed by atoms with Gasteiger partial charge in [0.2, 0.25) is 0 Å². The molecule has 3 aliphatic rings. The summed E-state index contributed by atoms with van der Waals surface area (Å²) in [6.07, 6.45) is 15.9. The van der Waals surface area contributed by atoms with E-state index >= 15 is 0 Å². The normalized spacial score (nSPS) is 21.9. The van der Waals surface area contributed by atoms with E-state index in [0.717, 1.165) is 33.9 Å². The van der Waals surface area contributed by atoms with Crippen molar-refractivity contribution in [3.05, 3.63) is 124 Å². The number of carbonyl (C=O) groups is 2. The standard InChI is InChI=1S/C47H53N3O5/c1-2-4-35-12-7-32-17-21-47(35,29-32)22-18-36(51)13-8-30-10-16-43(53)45(26-30)55-24-20-31-9-15-42(52)40(25-31)39-28-44(54)38-19-23-50-41(38)6-3-5-33-27-34(46(48)49)11-14-37(33)39/h9-11,14-16,18-19,22-23,25-27,32,35,39,46,50,52-53H,2,4,6-8,12-13,17,20-21,24,28-29,48-49H2,1H3/b22-18+/t32-,35+,39-,47-/m0/s1. The van der Waals surface area contributed by atoms with E-state index in [1.807, 2.05) is 48.5 Å². The summed E-state index contributed by atoms with van der Waals surface area (Å²) in [5, 5.41) is 21.9. The lowest BCUT2D eigenvalue weighted by Crippen LogP contribution is -2.29. The number of phenols is 2. The number of aryl methyl sites for hydroxylation is 1. The summed E-state index contributed by atoms with van der Waals surface area (Å²) >= 11 is 0. The number of Topliss-reactive ketones (excluding diaryl/α,β-unsaturated/α-hetero) is 1. The van der Waals surface area contributed by atoms with Crippen molar-refractivity contribution in [2.45, 2.75) is 96.1 Å². The fraction of sp³-hybridized carbons (Fsp3) is 0.404. The predicted octanol–water partition coefficient (Wildman–Crippen LogP) is 8.33. The first-order valence-electron chi connectivity index (χ1n) is 19.9. The molecule has 0 aliphatic heterocycles. The molecule has 4 aromatic rings. The number of hydrogen-bond acceptors (Lipinski definition) is 7. The van der Waals surface area contributed by atoms with E-state index in [-0.39, 0.29) is 41.5 Å². The van der Waals surface area contributed by atoms with Gasteiger partial charge in [-0.2, -0.15) is 0 Å². The summed E-state index contributed by atoms with van der Waals surface area (Å²) in [5.74, 6) is 8.06. The molecular formula is C47H53N3O5. The maximum atomic E-state index is 13.7.